The number of ether oxygens (including phenoxy) is 1. The number of H-pyrrole nitrogens is 1. The van der Waals surface area contributed by atoms with Crippen LogP contribution in [0.25, 0.3) is 11.0 Å². The van der Waals surface area contributed by atoms with Crippen molar-refractivity contribution in [2.45, 2.75) is 18.6 Å². The minimum atomic E-state index is -0.931. The van der Waals surface area contributed by atoms with E-state index in [1.165, 1.54) is 11.2 Å². The molecule has 0 bridgehead atoms. The summed E-state index contributed by atoms with van der Waals surface area (Å²) < 4.78 is 5.89. The van der Waals surface area contributed by atoms with Crippen LogP contribution in [0.5, 0.6) is 5.75 Å². The second-order valence-electron chi connectivity index (χ2n) is 7.77. The monoisotopic (exact) mass is 422 g/mol. The summed E-state index contributed by atoms with van der Waals surface area (Å²) in [7, 11) is 0. The maximum atomic E-state index is 13.1. The molecule has 0 saturated carbocycles. The van der Waals surface area contributed by atoms with E-state index >= 15 is 0 Å². The fourth-order valence-corrected chi connectivity index (χ4v) is 4.03. The van der Waals surface area contributed by atoms with E-state index in [9.17, 15) is 9.59 Å². The molecular formula is C21H22N6O4. The number of hydrogen-bond acceptors (Lipinski definition) is 6. The summed E-state index contributed by atoms with van der Waals surface area (Å²) in [5.41, 5.74) is 1.05. The van der Waals surface area contributed by atoms with Crippen LogP contribution < -0.4 is 10.1 Å². The number of anilines is 1. The lowest BCUT2D eigenvalue weighted by molar-refractivity contribution is 0.0179. The fraction of sp³-hybridized carbons (Fsp3) is 0.333. The lowest BCUT2D eigenvalue weighted by atomic mass is 10.1. The Morgan fingerprint density at radius 3 is 2.68 bits per heavy atom. The van der Waals surface area contributed by atoms with E-state index in [0.29, 0.717) is 55.0 Å². The minimum Gasteiger partial charge on any atom is -0.487 e. The van der Waals surface area contributed by atoms with Crippen molar-refractivity contribution in [1.29, 1.82) is 0 Å². The number of hydrogen-bond donors (Lipinski definition) is 3. The molecule has 1 unspecified atom stereocenters. The highest BCUT2D eigenvalue weighted by Crippen LogP contribution is 2.28. The van der Waals surface area contributed by atoms with Gasteiger partial charge in [0.2, 0.25) is 0 Å². The molecule has 3 N–H and O–H groups in total. The quantitative estimate of drug-likeness (QED) is 0.575. The van der Waals surface area contributed by atoms with Crippen molar-refractivity contribution in [1.82, 2.24) is 24.8 Å². The van der Waals surface area contributed by atoms with Gasteiger partial charge >= 0.3 is 6.09 Å². The number of amides is 2. The second kappa shape index (κ2) is 7.78. The lowest BCUT2D eigenvalue weighted by Gasteiger charge is -2.38. The first-order valence-corrected chi connectivity index (χ1v) is 10.2. The van der Waals surface area contributed by atoms with Crippen molar-refractivity contribution < 1.29 is 19.4 Å². The number of para-hydroxylation sites is 1. The van der Waals surface area contributed by atoms with Gasteiger partial charge in [-0.15, -0.1) is 0 Å². The van der Waals surface area contributed by atoms with Crippen LogP contribution in [-0.4, -0.2) is 80.2 Å². The van der Waals surface area contributed by atoms with Crippen LogP contribution in [0.3, 0.4) is 0 Å². The number of fused-ring (bicyclic) bond motifs is 1. The molecule has 10 heteroatoms. The van der Waals surface area contributed by atoms with Crippen molar-refractivity contribution in [2.75, 3.05) is 31.5 Å². The van der Waals surface area contributed by atoms with Gasteiger partial charge in [-0.1, -0.05) is 18.2 Å². The number of carboxylic acid groups (broad SMARTS) is 1. The molecule has 2 aliphatic rings. The Hall–Kier alpha value is -3.82. The SMILES string of the molecule is O=C(O)N1CCC(Nc2ncnc3[nH]cc(C(=O)N4CC(Oc5ccccc5)C4)c23)C1. The number of nitrogens with one attached hydrogen (secondary N) is 2. The van der Waals surface area contributed by atoms with Crippen LogP contribution in [0.1, 0.15) is 16.8 Å². The standard InChI is InChI=1S/C21H22N6O4/c28-20(27-10-15(11-27)31-14-4-2-1-3-5-14)16-8-22-18-17(16)19(24-12-23-18)25-13-6-7-26(9-13)21(29)30/h1-5,8,12-13,15H,6-7,9-11H2,(H,29,30)(H2,22,23,24,25). The molecule has 4 heterocycles. The van der Waals surface area contributed by atoms with Gasteiger partial charge in [-0.25, -0.2) is 14.8 Å². The Bertz CT molecular complexity index is 1110. The molecule has 0 aliphatic carbocycles. The van der Waals surface area contributed by atoms with Crippen molar-refractivity contribution in [2.24, 2.45) is 0 Å². The smallest absolute Gasteiger partial charge is 0.407 e. The van der Waals surface area contributed by atoms with Crippen molar-refractivity contribution >= 4 is 28.9 Å². The summed E-state index contributed by atoms with van der Waals surface area (Å²) >= 11 is 0. The Balaban J connectivity index is 1.29. The molecule has 10 nitrogen and oxygen atoms in total. The molecule has 31 heavy (non-hydrogen) atoms. The van der Waals surface area contributed by atoms with Crippen molar-refractivity contribution in [3.63, 3.8) is 0 Å². The highest BCUT2D eigenvalue weighted by atomic mass is 16.5. The Morgan fingerprint density at radius 1 is 1.13 bits per heavy atom. The third kappa shape index (κ3) is 3.72. The first-order valence-electron chi connectivity index (χ1n) is 10.2. The first kappa shape index (κ1) is 19.2. The average molecular weight is 422 g/mol. The molecule has 5 rings (SSSR count). The van der Waals surface area contributed by atoms with Gasteiger partial charge in [0.05, 0.1) is 24.0 Å². The average Bonchev–Trinajstić information content (AvgIpc) is 3.38. The molecule has 0 radical (unpaired) electrons. The molecule has 2 amide bonds. The number of rotatable bonds is 5. The fourth-order valence-electron chi connectivity index (χ4n) is 4.03. The van der Waals surface area contributed by atoms with E-state index in [2.05, 4.69) is 20.3 Å². The number of benzene rings is 1. The highest BCUT2D eigenvalue weighted by Gasteiger charge is 2.35. The summed E-state index contributed by atoms with van der Waals surface area (Å²) in [6.07, 6.45) is 2.78. The van der Waals surface area contributed by atoms with Gasteiger partial charge in [-0.05, 0) is 18.6 Å². The van der Waals surface area contributed by atoms with E-state index in [1.807, 2.05) is 30.3 Å². The van der Waals surface area contributed by atoms with Gasteiger partial charge in [0.15, 0.2) is 0 Å². The number of aromatic nitrogens is 3. The van der Waals surface area contributed by atoms with Gasteiger partial charge in [0, 0.05) is 25.3 Å². The van der Waals surface area contributed by atoms with E-state index in [4.69, 9.17) is 9.84 Å². The lowest BCUT2D eigenvalue weighted by Crippen LogP contribution is -2.56. The topological polar surface area (TPSA) is 124 Å². The maximum Gasteiger partial charge on any atom is 0.407 e. The van der Waals surface area contributed by atoms with Gasteiger partial charge in [0.1, 0.15) is 29.6 Å². The van der Waals surface area contributed by atoms with Crippen LogP contribution in [0.2, 0.25) is 0 Å². The third-order valence-electron chi connectivity index (χ3n) is 5.68. The number of carbonyl (C=O) groups excluding carboxylic acids is 1. The molecular weight excluding hydrogens is 400 g/mol. The summed E-state index contributed by atoms with van der Waals surface area (Å²) in [6.45, 7) is 1.86. The van der Waals surface area contributed by atoms with Crippen LogP contribution in [-0.2, 0) is 0 Å². The van der Waals surface area contributed by atoms with Gasteiger partial charge < -0.3 is 29.9 Å². The van der Waals surface area contributed by atoms with Crippen LogP contribution in [0, 0.1) is 0 Å². The second-order valence-corrected chi connectivity index (χ2v) is 7.77. The molecule has 2 aromatic heterocycles. The Labute approximate surface area is 177 Å². The highest BCUT2D eigenvalue weighted by molar-refractivity contribution is 6.09. The zero-order chi connectivity index (χ0) is 21.4. The summed E-state index contributed by atoms with van der Waals surface area (Å²) in [5.74, 6) is 1.21. The van der Waals surface area contributed by atoms with Gasteiger partial charge in [0.25, 0.3) is 5.91 Å². The summed E-state index contributed by atoms with van der Waals surface area (Å²) in [4.78, 5) is 39.0. The molecule has 3 aromatic rings. The van der Waals surface area contributed by atoms with Gasteiger partial charge in [-0.2, -0.15) is 0 Å². The normalized spacial score (nSPS) is 18.8. The summed E-state index contributed by atoms with van der Waals surface area (Å²) in [5, 5.41) is 13.1. The molecule has 2 aliphatic heterocycles. The third-order valence-corrected chi connectivity index (χ3v) is 5.68. The molecule has 1 aromatic carbocycles. The molecule has 160 valence electrons. The summed E-state index contributed by atoms with van der Waals surface area (Å²) in [6, 6.07) is 9.48. The maximum absolute atomic E-state index is 13.1. The largest absolute Gasteiger partial charge is 0.487 e. The number of nitrogens with zero attached hydrogens (tertiary/aromatic N) is 4. The zero-order valence-electron chi connectivity index (χ0n) is 16.7. The number of likely N-dealkylation sites (tertiary alicyclic amines) is 2. The molecule has 2 saturated heterocycles. The van der Waals surface area contributed by atoms with E-state index in [0.717, 1.165) is 5.75 Å². The van der Waals surface area contributed by atoms with Crippen LogP contribution in [0.15, 0.2) is 42.9 Å². The molecule has 1 atom stereocenters. The van der Waals surface area contributed by atoms with Crippen molar-refractivity contribution in [3.05, 3.63) is 48.4 Å². The van der Waals surface area contributed by atoms with E-state index in [-0.39, 0.29) is 18.1 Å². The molecule has 2 fully saturated rings. The molecule has 0 spiro atoms. The Morgan fingerprint density at radius 2 is 1.94 bits per heavy atom. The first-order chi connectivity index (χ1) is 15.1. The zero-order valence-corrected chi connectivity index (χ0v) is 16.7. The predicted molar refractivity (Wildman–Crippen MR) is 112 cm³/mol. The number of aromatic amines is 1. The van der Waals surface area contributed by atoms with Crippen LogP contribution in [0.4, 0.5) is 10.6 Å². The number of carbonyl (C=O) groups is 2. The predicted octanol–water partition coefficient (Wildman–Crippen LogP) is 2.03. The van der Waals surface area contributed by atoms with E-state index in [1.54, 1.807) is 11.1 Å². The Kier molecular flexibility index (Phi) is 4.81. The van der Waals surface area contributed by atoms with Gasteiger partial charge in [-0.3, -0.25) is 4.79 Å². The van der Waals surface area contributed by atoms with Crippen molar-refractivity contribution in [3.8, 4) is 5.75 Å². The minimum absolute atomic E-state index is 0.0362. The van der Waals surface area contributed by atoms with Crippen LogP contribution >= 0.6 is 0 Å². The van der Waals surface area contributed by atoms with E-state index < -0.39 is 6.09 Å².